The molecule has 5 heterocycles. The summed E-state index contributed by atoms with van der Waals surface area (Å²) in [5, 5.41) is 8.55. The van der Waals surface area contributed by atoms with Crippen LogP contribution in [0.4, 0.5) is 0 Å². The SMILES string of the molecule is COc1cncc(-c2ccc3[nH]nc(-c4nc5c(-c6ccoc6)ccnc5[nH]4)c3c2)c1. The highest BCUT2D eigenvalue weighted by Crippen LogP contribution is 2.33. The minimum Gasteiger partial charge on any atom is -0.495 e. The van der Waals surface area contributed by atoms with E-state index in [0.29, 0.717) is 17.2 Å². The van der Waals surface area contributed by atoms with Crippen LogP contribution in [0.1, 0.15) is 0 Å². The molecule has 0 aliphatic heterocycles. The van der Waals surface area contributed by atoms with Crippen LogP contribution < -0.4 is 4.74 Å². The van der Waals surface area contributed by atoms with Crippen LogP contribution in [0.5, 0.6) is 5.75 Å². The molecule has 0 unspecified atom stereocenters. The average molecular weight is 408 g/mol. The quantitative estimate of drug-likeness (QED) is 0.433. The molecule has 2 N–H and O–H groups in total. The number of benzene rings is 1. The molecule has 0 amide bonds. The molecule has 0 saturated heterocycles. The first-order valence-electron chi connectivity index (χ1n) is 9.65. The standard InChI is InChI=1S/C23H16N6O2/c1-30-16-8-15(10-24-11-16)13-2-3-19-18(9-13)21(29-28-19)23-26-20-17(14-5-7-31-12-14)4-6-25-22(20)27-23/h2-12H,1H3,(H,28,29)(H,25,26,27). The Morgan fingerprint density at radius 1 is 1.00 bits per heavy atom. The number of furan rings is 1. The van der Waals surface area contributed by atoms with Gasteiger partial charge in [0.05, 0.1) is 31.3 Å². The fourth-order valence-electron chi connectivity index (χ4n) is 3.74. The number of ether oxygens (including phenoxy) is 1. The van der Waals surface area contributed by atoms with Crippen molar-refractivity contribution in [1.29, 1.82) is 0 Å². The second-order valence-corrected chi connectivity index (χ2v) is 7.10. The molecule has 1 aromatic carbocycles. The van der Waals surface area contributed by atoms with Crippen molar-refractivity contribution < 1.29 is 9.15 Å². The van der Waals surface area contributed by atoms with Crippen LogP contribution in [-0.2, 0) is 0 Å². The zero-order chi connectivity index (χ0) is 20.8. The van der Waals surface area contributed by atoms with Crippen molar-refractivity contribution in [2.75, 3.05) is 7.11 Å². The second kappa shape index (κ2) is 6.81. The number of aromatic nitrogens is 6. The maximum Gasteiger partial charge on any atom is 0.160 e. The van der Waals surface area contributed by atoms with Crippen molar-refractivity contribution >= 4 is 22.1 Å². The average Bonchev–Trinajstić information content (AvgIpc) is 3.57. The van der Waals surface area contributed by atoms with Crippen LogP contribution >= 0.6 is 0 Å². The van der Waals surface area contributed by atoms with E-state index in [1.54, 1.807) is 32.0 Å². The summed E-state index contributed by atoms with van der Waals surface area (Å²) in [4.78, 5) is 16.8. The first kappa shape index (κ1) is 17.4. The van der Waals surface area contributed by atoms with Crippen molar-refractivity contribution in [3.8, 4) is 39.5 Å². The third kappa shape index (κ3) is 2.84. The summed E-state index contributed by atoms with van der Waals surface area (Å²) in [5.74, 6) is 1.35. The number of methoxy groups -OCH3 is 1. The summed E-state index contributed by atoms with van der Waals surface area (Å²) < 4.78 is 10.5. The summed E-state index contributed by atoms with van der Waals surface area (Å²) in [6, 6.07) is 11.9. The summed E-state index contributed by atoms with van der Waals surface area (Å²) in [6.07, 6.45) is 8.59. The molecule has 150 valence electrons. The maximum atomic E-state index is 5.31. The second-order valence-electron chi connectivity index (χ2n) is 7.10. The van der Waals surface area contributed by atoms with Gasteiger partial charge in [-0.25, -0.2) is 9.97 Å². The summed E-state index contributed by atoms with van der Waals surface area (Å²) in [5.41, 5.74) is 6.97. The fourth-order valence-corrected chi connectivity index (χ4v) is 3.74. The molecule has 0 atom stereocenters. The van der Waals surface area contributed by atoms with E-state index in [1.165, 1.54) is 0 Å². The van der Waals surface area contributed by atoms with Crippen molar-refractivity contribution in [2.24, 2.45) is 0 Å². The van der Waals surface area contributed by atoms with E-state index in [2.05, 4.69) is 31.2 Å². The molecule has 6 rings (SSSR count). The highest BCUT2D eigenvalue weighted by molar-refractivity contribution is 5.97. The van der Waals surface area contributed by atoms with E-state index >= 15 is 0 Å². The summed E-state index contributed by atoms with van der Waals surface area (Å²) in [6.45, 7) is 0. The molecule has 0 spiro atoms. The van der Waals surface area contributed by atoms with Crippen molar-refractivity contribution in [1.82, 2.24) is 30.1 Å². The molecule has 8 heteroatoms. The predicted molar refractivity (Wildman–Crippen MR) is 116 cm³/mol. The molecule has 0 aliphatic carbocycles. The first-order chi connectivity index (χ1) is 15.3. The van der Waals surface area contributed by atoms with Gasteiger partial charge < -0.3 is 14.1 Å². The third-order valence-corrected chi connectivity index (χ3v) is 5.29. The molecule has 0 bridgehead atoms. The van der Waals surface area contributed by atoms with Gasteiger partial charge >= 0.3 is 0 Å². The smallest absolute Gasteiger partial charge is 0.160 e. The van der Waals surface area contributed by atoms with E-state index in [-0.39, 0.29) is 0 Å². The van der Waals surface area contributed by atoms with Gasteiger partial charge in [0.15, 0.2) is 11.5 Å². The molecule has 0 saturated carbocycles. The highest BCUT2D eigenvalue weighted by atomic mass is 16.5. The van der Waals surface area contributed by atoms with Gasteiger partial charge in [0.25, 0.3) is 0 Å². The Balaban J connectivity index is 1.50. The lowest BCUT2D eigenvalue weighted by atomic mass is 10.0. The molecular weight excluding hydrogens is 392 g/mol. The third-order valence-electron chi connectivity index (χ3n) is 5.29. The fraction of sp³-hybridized carbons (Fsp3) is 0.0435. The lowest BCUT2D eigenvalue weighted by Gasteiger charge is -2.04. The van der Waals surface area contributed by atoms with Crippen molar-refractivity contribution in [3.05, 3.63) is 67.5 Å². The Bertz CT molecular complexity index is 1530. The van der Waals surface area contributed by atoms with Gasteiger partial charge in [-0.2, -0.15) is 5.10 Å². The van der Waals surface area contributed by atoms with Gasteiger partial charge in [-0.05, 0) is 35.9 Å². The molecule has 31 heavy (non-hydrogen) atoms. The molecule has 0 aliphatic rings. The summed E-state index contributed by atoms with van der Waals surface area (Å²) >= 11 is 0. The van der Waals surface area contributed by atoms with Crippen LogP contribution in [0.3, 0.4) is 0 Å². The predicted octanol–water partition coefficient (Wildman–Crippen LogP) is 4.83. The molecular formula is C23H16N6O2. The van der Waals surface area contributed by atoms with Crippen LogP contribution in [0.25, 0.3) is 55.8 Å². The van der Waals surface area contributed by atoms with Crippen LogP contribution in [0, 0.1) is 0 Å². The number of fused-ring (bicyclic) bond motifs is 2. The summed E-state index contributed by atoms with van der Waals surface area (Å²) in [7, 11) is 1.63. The van der Waals surface area contributed by atoms with Gasteiger partial charge in [-0.1, -0.05) is 6.07 Å². The number of aromatic amines is 2. The number of pyridine rings is 2. The number of nitrogens with zero attached hydrogens (tertiary/aromatic N) is 4. The van der Waals surface area contributed by atoms with E-state index in [9.17, 15) is 0 Å². The van der Waals surface area contributed by atoms with E-state index in [0.717, 1.165) is 44.4 Å². The van der Waals surface area contributed by atoms with E-state index in [1.807, 2.05) is 36.5 Å². The lowest BCUT2D eigenvalue weighted by molar-refractivity contribution is 0.413. The first-order valence-corrected chi connectivity index (χ1v) is 9.65. The Kier molecular flexibility index (Phi) is 3.82. The van der Waals surface area contributed by atoms with E-state index < -0.39 is 0 Å². The topological polar surface area (TPSA) is 106 Å². The number of imidazole rings is 1. The lowest BCUT2D eigenvalue weighted by Crippen LogP contribution is -1.86. The number of nitrogens with one attached hydrogen (secondary N) is 2. The maximum absolute atomic E-state index is 5.31. The Hall–Kier alpha value is -4.46. The monoisotopic (exact) mass is 408 g/mol. The number of hydrogen-bond donors (Lipinski definition) is 2. The van der Waals surface area contributed by atoms with Gasteiger partial charge in [0.1, 0.15) is 17.0 Å². The van der Waals surface area contributed by atoms with Crippen LogP contribution in [0.2, 0.25) is 0 Å². The molecule has 0 fully saturated rings. The Morgan fingerprint density at radius 3 is 2.84 bits per heavy atom. The van der Waals surface area contributed by atoms with E-state index in [4.69, 9.17) is 14.1 Å². The van der Waals surface area contributed by atoms with Crippen LogP contribution in [0.15, 0.2) is 71.9 Å². The van der Waals surface area contributed by atoms with Gasteiger partial charge in [0.2, 0.25) is 0 Å². The van der Waals surface area contributed by atoms with Crippen LogP contribution in [-0.4, -0.2) is 37.2 Å². The Morgan fingerprint density at radius 2 is 1.97 bits per heavy atom. The molecule has 6 aromatic rings. The molecule has 8 nitrogen and oxygen atoms in total. The number of H-pyrrole nitrogens is 2. The zero-order valence-electron chi connectivity index (χ0n) is 16.5. The van der Waals surface area contributed by atoms with Gasteiger partial charge in [-0.15, -0.1) is 0 Å². The zero-order valence-corrected chi connectivity index (χ0v) is 16.5. The van der Waals surface area contributed by atoms with Gasteiger partial charge in [0, 0.05) is 34.5 Å². The minimum atomic E-state index is 0.644. The molecule has 5 aromatic heterocycles. The normalized spacial score (nSPS) is 11.4. The van der Waals surface area contributed by atoms with Crippen molar-refractivity contribution in [3.63, 3.8) is 0 Å². The van der Waals surface area contributed by atoms with Gasteiger partial charge in [-0.3, -0.25) is 10.1 Å². The highest BCUT2D eigenvalue weighted by Gasteiger charge is 2.16. The molecule has 0 radical (unpaired) electrons. The minimum absolute atomic E-state index is 0.644. The largest absolute Gasteiger partial charge is 0.495 e. The number of rotatable bonds is 4. The number of hydrogen-bond acceptors (Lipinski definition) is 6. The van der Waals surface area contributed by atoms with Crippen molar-refractivity contribution in [2.45, 2.75) is 0 Å². The Labute approximate surface area is 176 Å².